The lowest BCUT2D eigenvalue weighted by molar-refractivity contribution is -0.116. The summed E-state index contributed by atoms with van der Waals surface area (Å²) in [4.78, 5) is 18.9. The van der Waals surface area contributed by atoms with Crippen LogP contribution in [0.2, 0.25) is 0 Å². The summed E-state index contributed by atoms with van der Waals surface area (Å²) >= 11 is 0. The van der Waals surface area contributed by atoms with Crippen molar-refractivity contribution in [3.63, 3.8) is 0 Å². The van der Waals surface area contributed by atoms with Gasteiger partial charge in [-0.1, -0.05) is 114 Å². The van der Waals surface area contributed by atoms with Crippen molar-refractivity contribution >= 4 is 17.8 Å². The SMILES string of the molecule is CCCCCCCCCCCCCCOc1cccc(CN(C(C)=O)c2ccc(CC3(C)CN=CC=C3C)cc2)c1. The van der Waals surface area contributed by atoms with Crippen molar-refractivity contribution < 1.29 is 9.53 Å². The molecule has 41 heavy (non-hydrogen) atoms. The van der Waals surface area contributed by atoms with Gasteiger partial charge in [0.2, 0.25) is 5.91 Å². The molecule has 2 aromatic carbocycles. The van der Waals surface area contributed by atoms with Crippen LogP contribution >= 0.6 is 0 Å². The molecule has 0 saturated heterocycles. The number of dihydropyridines is 1. The Labute approximate surface area is 250 Å². The van der Waals surface area contributed by atoms with Crippen LogP contribution in [-0.4, -0.2) is 25.3 Å². The first-order valence-electron chi connectivity index (χ1n) is 16.2. The minimum Gasteiger partial charge on any atom is -0.494 e. The van der Waals surface area contributed by atoms with Crippen molar-refractivity contribution in [3.8, 4) is 5.75 Å². The molecular formula is C37H54N2O2. The van der Waals surface area contributed by atoms with Crippen LogP contribution < -0.4 is 9.64 Å². The van der Waals surface area contributed by atoms with Crippen molar-refractivity contribution in [2.45, 2.75) is 118 Å². The van der Waals surface area contributed by atoms with Gasteiger partial charge in [-0.2, -0.15) is 0 Å². The number of nitrogens with zero attached hydrogens (tertiary/aromatic N) is 2. The van der Waals surface area contributed by atoms with Crippen molar-refractivity contribution in [2.24, 2.45) is 10.4 Å². The molecule has 2 aromatic rings. The van der Waals surface area contributed by atoms with E-state index in [9.17, 15) is 4.79 Å². The number of allylic oxidation sites excluding steroid dienone is 1. The topological polar surface area (TPSA) is 41.9 Å². The van der Waals surface area contributed by atoms with Crippen LogP contribution in [0.1, 0.15) is 116 Å². The van der Waals surface area contributed by atoms with Gasteiger partial charge in [0.1, 0.15) is 5.75 Å². The van der Waals surface area contributed by atoms with Gasteiger partial charge >= 0.3 is 0 Å². The minimum atomic E-state index is 0.0351. The number of unbranched alkanes of at least 4 members (excludes halogenated alkanes) is 11. The standard InChI is InChI=1S/C37H54N2O2/c1-5-6-7-8-9-10-11-12-13-14-15-16-26-41-36-19-17-18-34(27-36)29-39(32(3)40)35-22-20-33(21-23-35)28-37(4)30-38-25-24-31(37)2/h17-25,27H,5-16,26,28-30H2,1-4H3. The molecular weight excluding hydrogens is 504 g/mol. The van der Waals surface area contributed by atoms with Crippen molar-refractivity contribution in [2.75, 3.05) is 18.1 Å². The Bertz CT molecular complexity index is 1100. The van der Waals surface area contributed by atoms with E-state index in [0.717, 1.165) is 43.0 Å². The molecule has 4 nitrogen and oxygen atoms in total. The maximum atomic E-state index is 12.6. The summed E-state index contributed by atoms with van der Waals surface area (Å²) in [6.07, 6.45) is 21.1. The first kappa shape index (κ1) is 32.6. The van der Waals surface area contributed by atoms with Crippen LogP contribution in [0, 0.1) is 5.41 Å². The van der Waals surface area contributed by atoms with Gasteiger partial charge in [-0.25, -0.2) is 0 Å². The quantitative estimate of drug-likeness (QED) is 0.161. The fourth-order valence-electron chi connectivity index (χ4n) is 5.62. The zero-order chi connectivity index (χ0) is 29.3. The summed E-state index contributed by atoms with van der Waals surface area (Å²) in [5.74, 6) is 0.921. The normalized spacial score (nSPS) is 16.4. The first-order chi connectivity index (χ1) is 19.9. The largest absolute Gasteiger partial charge is 0.494 e. The van der Waals surface area contributed by atoms with Crippen molar-refractivity contribution in [1.82, 2.24) is 0 Å². The molecule has 0 N–H and O–H groups in total. The second-order valence-electron chi connectivity index (χ2n) is 12.2. The zero-order valence-corrected chi connectivity index (χ0v) is 26.3. The van der Waals surface area contributed by atoms with Gasteiger partial charge in [-0.15, -0.1) is 0 Å². The molecule has 0 aromatic heterocycles. The molecule has 224 valence electrons. The fourth-order valence-corrected chi connectivity index (χ4v) is 5.62. The fraction of sp³-hybridized carbons (Fsp3) is 0.568. The maximum absolute atomic E-state index is 12.6. The molecule has 0 bridgehead atoms. The lowest BCUT2D eigenvalue weighted by Gasteiger charge is -2.31. The molecule has 3 rings (SSSR count). The van der Waals surface area contributed by atoms with E-state index in [0.29, 0.717) is 6.54 Å². The molecule has 1 atom stereocenters. The number of hydrogen-bond donors (Lipinski definition) is 0. The summed E-state index contributed by atoms with van der Waals surface area (Å²) in [6.45, 7) is 10.5. The molecule has 0 saturated carbocycles. The second-order valence-corrected chi connectivity index (χ2v) is 12.2. The highest BCUT2D eigenvalue weighted by molar-refractivity contribution is 5.91. The molecule has 1 aliphatic heterocycles. The van der Waals surface area contributed by atoms with Crippen LogP contribution in [0.15, 0.2) is 65.2 Å². The van der Waals surface area contributed by atoms with Crippen LogP contribution in [0.4, 0.5) is 5.69 Å². The predicted octanol–water partition coefficient (Wildman–Crippen LogP) is 9.90. The Balaban J connectivity index is 1.40. The highest BCUT2D eigenvalue weighted by atomic mass is 16.5. The number of amides is 1. The predicted molar refractivity (Wildman–Crippen MR) is 175 cm³/mol. The van der Waals surface area contributed by atoms with E-state index in [1.54, 1.807) is 6.92 Å². The number of benzene rings is 2. The molecule has 1 aliphatic rings. The molecule has 0 spiro atoms. The second kappa shape index (κ2) is 17.8. The molecule has 4 heteroatoms. The van der Waals surface area contributed by atoms with Gasteiger partial charge in [-0.3, -0.25) is 9.79 Å². The average Bonchev–Trinajstić information content (AvgIpc) is 2.96. The van der Waals surface area contributed by atoms with E-state index >= 15 is 0 Å². The molecule has 1 unspecified atom stereocenters. The monoisotopic (exact) mass is 558 g/mol. The van der Waals surface area contributed by atoms with Crippen molar-refractivity contribution in [1.29, 1.82) is 0 Å². The number of carbonyl (C=O) groups excluding carboxylic acids is 1. The number of carbonyl (C=O) groups is 1. The van der Waals surface area contributed by atoms with E-state index in [2.05, 4.69) is 68.2 Å². The summed E-state index contributed by atoms with van der Waals surface area (Å²) in [6, 6.07) is 16.6. The van der Waals surface area contributed by atoms with E-state index in [4.69, 9.17) is 4.74 Å². The maximum Gasteiger partial charge on any atom is 0.224 e. The number of ether oxygens (including phenoxy) is 1. The van der Waals surface area contributed by atoms with Gasteiger partial charge in [0.15, 0.2) is 0 Å². The van der Waals surface area contributed by atoms with Crippen LogP contribution in [0.25, 0.3) is 0 Å². The minimum absolute atomic E-state index is 0.0351. The first-order valence-corrected chi connectivity index (χ1v) is 16.2. The molecule has 0 radical (unpaired) electrons. The van der Waals surface area contributed by atoms with Crippen LogP contribution in [-0.2, 0) is 17.8 Å². The van der Waals surface area contributed by atoms with Gasteiger partial charge < -0.3 is 9.64 Å². The number of hydrogen-bond acceptors (Lipinski definition) is 3. The summed E-state index contributed by atoms with van der Waals surface area (Å²) < 4.78 is 6.07. The van der Waals surface area contributed by atoms with Gasteiger partial charge in [0.25, 0.3) is 0 Å². The van der Waals surface area contributed by atoms with E-state index in [-0.39, 0.29) is 11.3 Å². The van der Waals surface area contributed by atoms with Gasteiger partial charge in [0.05, 0.1) is 13.2 Å². The summed E-state index contributed by atoms with van der Waals surface area (Å²) in [5.41, 5.74) is 4.66. The highest BCUT2D eigenvalue weighted by Gasteiger charge is 2.28. The third-order valence-corrected chi connectivity index (χ3v) is 8.55. The zero-order valence-electron chi connectivity index (χ0n) is 26.3. The highest BCUT2D eigenvalue weighted by Crippen LogP contribution is 2.33. The molecule has 1 amide bonds. The number of rotatable bonds is 19. The number of anilines is 1. The lowest BCUT2D eigenvalue weighted by atomic mass is 9.76. The molecule has 0 aliphatic carbocycles. The Morgan fingerprint density at radius 1 is 0.878 bits per heavy atom. The van der Waals surface area contributed by atoms with Gasteiger partial charge in [0, 0.05) is 30.8 Å². The molecule has 0 fully saturated rings. The third-order valence-electron chi connectivity index (χ3n) is 8.55. The van der Waals surface area contributed by atoms with Crippen LogP contribution in [0.3, 0.4) is 0 Å². The Hall–Kier alpha value is -2.88. The average molecular weight is 559 g/mol. The molecule has 1 heterocycles. The van der Waals surface area contributed by atoms with Crippen LogP contribution in [0.5, 0.6) is 5.75 Å². The Morgan fingerprint density at radius 2 is 1.51 bits per heavy atom. The van der Waals surface area contributed by atoms with E-state index in [1.807, 2.05) is 23.2 Å². The third kappa shape index (κ3) is 11.5. The smallest absolute Gasteiger partial charge is 0.224 e. The number of aliphatic imine (C=N–C) groups is 1. The van der Waals surface area contributed by atoms with E-state index in [1.165, 1.54) is 81.8 Å². The lowest BCUT2D eigenvalue weighted by Crippen LogP contribution is -2.28. The Morgan fingerprint density at radius 3 is 2.12 bits per heavy atom. The van der Waals surface area contributed by atoms with Gasteiger partial charge in [-0.05, 0) is 61.2 Å². The Kier molecular flexibility index (Phi) is 14.2. The summed E-state index contributed by atoms with van der Waals surface area (Å²) in [7, 11) is 0. The van der Waals surface area contributed by atoms with Crippen molar-refractivity contribution in [3.05, 3.63) is 71.3 Å². The van der Waals surface area contributed by atoms with E-state index < -0.39 is 0 Å². The summed E-state index contributed by atoms with van der Waals surface area (Å²) in [5, 5.41) is 0.